The van der Waals surface area contributed by atoms with Gasteiger partial charge in [-0.3, -0.25) is 9.52 Å². The van der Waals surface area contributed by atoms with Crippen molar-refractivity contribution in [2.45, 2.75) is 29.6 Å². The SMILES string of the molecule is CSc1ccc(S(=O)(=O)Nc2cc(Cl)ccc2Oc2ccccc2)cc1C(=O)N1CCC(C)CC1. The van der Waals surface area contributed by atoms with Gasteiger partial charge in [0.2, 0.25) is 0 Å². The van der Waals surface area contributed by atoms with E-state index in [-0.39, 0.29) is 16.5 Å². The van der Waals surface area contributed by atoms with E-state index in [1.54, 1.807) is 30.3 Å². The number of nitrogens with one attached hydrogen (secondary N) is 1. The number of ether oxygens (including phenoxy) is 1. The molecule has 1 aliphatic heterocycles. The molecule has 0 bridgehead atoms. The number of carbonyl (C=O) groups excluding carboxylic acids is 1. The Balaban J connectivity index is 1.64. The minimum atomic E-state index is -4.03. The number of nitrogens with zero attached hydrogens (tertiary/aromatic N) is 1. The molecule has 1 N–H and O–H groups in total. The van der Waals surface area contributed by atoms with Crippen LogP contribution in [0.4, 0.5) is 5.69 Å². The smallest absolute Gasteiger partial charge is 0.262 e. The van der Waals surface area contributed by atoms with Crippen LogP contribution in [0.1, 0.15) is 30.1 Å². The van der Waals surface area contributed by atoms with Crippen molar-refractivity contribution >= 4 is 45.0 Å². The van der Waals surface area contributed by atoms with Gasteiger partial charge in [0.25, 0.3) is 15.9 Å². The summed E-state index contributed by atoms with van der Waals surface area (Å²) in [4.78, 5) is 15.8. The molecule has 0 aliphatic carbocycles. The zero-order chi connectivity index (χ0) is 25.0. The first-order valence-electron chi connectivity index (χ1n) is 11.3. The molecule has 9 heteroatoms. The van der Waals surface area contributed by atoms with Gasteiger partial charge in [0.1, 0.15) is 5.75 Å². The highest BCUT2D eigenvalue weighted by molar-refractivity contribution is 7.98. The quantitative estimate of drug-likeness (QED) is 0.351. The van der Waals surface area contributed by atoms with Gasteiger partial charge in [0.05, 0.1) is 16.1 Å². The third-order valence-electron chi connectivity index (χ3n) is 5.94. The van der Waals surface area contributed by atoms with Gasteiger partial charge in [0.15, 0.2) is 5.75 Å². The third-order valence-corrected chi connectivity index (χ3v) is 8.33. The van der Waals surface area contributed by atoms with E-state index >= 15 is 0 Å². The number of rotatable bonds is 7. The first-order chi connectivity index (χ1) is 16.8. The van der Waals surface area contributed by atoms with E-state index in [2.05, 4.69) is 11.6 Å². The predicted octanol–water partition coefficient (Wildman–Crippen LogP) is 6.53. The van der Waals surface area contributed by atoms with E-state index in [0.29, 0.717) is 41.1 Å². The lowest BCUT2D eigenvalue weighted by molar-refractivity contribution is 0.0693. The van der Waals surface area contributed by atoms with Crippen molar-refractivity contribution in [1.29, 1.82) is 0 Å². The Morgan fingerprint density at radius 3 is 2.46 bits per heavy atom. The van der Waals surface area contributed by atoms with Gasteiger partial charge in [-0.1, -0.05) is 36.7 Å². The van der Waals surface area contributed by atoms with Crippen molar-refractivity contribution in [1.82, 2.24) is 4.90 Å². The summed E-state index contributed by atoms with van der Waals surface area (Å²) in [7, 11) is -4.03. The van der Waals surface area contributed by atoms with E-state index in [1.807, 2.05) is 29.4 Å². The highest BCUT2D eigenvalue weighted by atomic mass is 35.5. The lowest BCUT2D eigenvalue weighted by Gasteiger charge is -2.30. The normalized spacial score (nSPS) is 14.5. The molecule has 1 saturated heterocycles. The summed E-state index contributed by atoms with van der Waals surface area (Å²) in [6.45, 7) is 3.52. The highest BCUT2D eigenvalue weighted by Crippen LogP contribution is 2.34. The van der Waals surface area contributed by atoms with Crippen LogP contribution in [0.5, 0.6) is 11.5 Å². The highest BCUT2D eigenvalue weighted by Gasteiger charge is 2.26. The molecule has 184 valence electrons. The average molecular weight is 531 g/mol. The number of para-hydroxylation sites is 1. The second-order valence-corrected chi connectivity index (χ2v) is 11.5. The molecule has 0 spiro atoms. The number of sulfonamides is 1. The fraction of sp³-hybridized carbons (Fsp3) is 0.269. The van der Waals surface area contributed by atoms with Crippen molar-refractivity contribution in [3.8, 4) is 11.5 Å². The van der Waals surface area contributed by atoms with Crippen molar-refractivity contribution in [3.05, 3.63) is 77.3 Å². The number of anilines is 1. The third kappa shape index (κ3) is 6.12. The van der Waals surface area contributed by atoms with Crippen LogP contribution in [0.3, 0.4) is 0 Å². The molecule has 0 unspecified atom stereocenters. The molecule has 0 radical (unpaired) electrons. The second kappa shape index (κ2) is 10.9. The molecule has 4 rings (SSSR count). The van der Waals surface area contributed by atoms with Crippen molar-refractivity contribution in [3.63, 3.8) is 0 Å². The molecule has 1 aliphatic rings. The minimum absolute atomic E-state index is 0.00494. The first-order valence-corrected chi connectivity index (χ1v) is 14.4. The van der Waals surface area contributed by atoms with Crippen molar-refractivity contribution < 1.29 is 17.9 Å². The molecule has 6 nitrogen and oxygen atoms in total. The minimum Gasteiger partial charge on any atom is -0.455 e. The fourth-order valence-electron chi connectivity index (χ4n) is 3.89. The van der Waals surface area contributed by atoms with Crippen LogP contribution in [0, 0.1) is 5.92 Å². The number of piperidine rings is 1. The zero-order valence-electron chi connectivity index (χ0n) is 19.5. The summed E-state index contributed by atoms with van der Waals surface area (Å²) in [5, 5.41) is 0.357. The van der Waals surface area contributed by atoms with Crippen LogP contribution in [-0.4, -0.2) is 38.6 Å². The molecule has 1 fully saturated rings. The van der Waals surface area contributed by atoms with E-state index in [0.717, 1.165) is 17.7 Å². The molecule has 0 atom stereocenters. The fourth-order valence-corrected chi connectivity index (χ4v) is 5.72. The molecule has 3 aromatic carbocycles. The number of thioether (sulfide) groups is 1. The monoisotopic (exact) mass is 530 g/mol. The van der Waals surface area contributed by atoms with E-state index < -0.39 is 10.0 Å². The molecular formula is C26H27ClN2O4S2. The Kier molecular flexibility index (Phi) is 7.94. The van der Waals surface area contributed by atoms with Gasteiger partial charge in [-0.2, -0.15) is 0 Å². The number of amides is 1. The van der Waals surface area contributed by atoms with Crippen LogP contribution in [-0.2, 0) is 10.0 Å². The molecular weight excluding hydrogens is 504 g/mol. The Bertz CT molecular complexity index is 1310. The van der Waals surface area contributed by atoms with E-state index in [4.69, 9.17) is 16.3 Å². The van der Waals surface area contributed by atoms with Crippen molar-refractivity contribution in [2.75, 3.05) is 24.1 Å². The number of carbonyl (C=O) groups is 1. The van der Waals surface area contributed by atoms with Gasteiger partial charge in [-0.05, 0) is 73.5 Å². The maximum atomic E-state index is 13.4. The summed E-state index contributed by atoms with van der Waals surface area (Å²) in [6.07, 6.45) is 3.76. The van der Waals surface area contributed by atoms with Crippen LogP contribution in [0.25, 0.3) is 0 Å². The van der Waals surface area contributed by atoms with Gasteiger partial charge in [0, 0.05) is 23.0 Å². The van der Waals surface area contributed by atoms with Crippen molar-refractivity contribution in [2.24, 2.45) is 5.92 Å². The largest absolute Gasteiger partial charge is 0.455 e. The molecule has 1 heterocycles. The summed E-state index contributed by atoms with van der Waals surface area (Å²) in [6, 6.07) is 18.4. The average Bonchev–Trinajstić information content (AvgIpc) is 2.86. The second-order valence-electron chi connectivity index (χ2n) is 8.50. The molecule has 3 aromatic rings. The maximum Gasteiger partial charge on any atom is 0.262 e. The van der Waals surface area contributed by atoms with Gasteiger partial charge in [-0.15, -0.1) is 11.8 Å². The van der Waals surface area contributed by atoms with Crippen LogP contribution < -0.4 is 9.46 Å². The van der Waals surface area contributed by atoms with E-state index in [9.17, 15) is 13.2 Å². The standard InChI is InChI=1S/C26H27ClN2O4S2/c1-18-12-14-29(15-13-18)26(30)22-17-21(9-11-25(22)34-2)35(31,32)28-23-16-19(27)8-10-24(23)33-20-6-4-3-5-7-20/h3-11,16-18,28H,12-15H2,1-2H3. The topological polar surface area (TPSA) is 75.7 Å². The Labute approximate surface area is 215 Å². The van der Waals surface area contributed by atoms with Gasteiger partial charge < -0.3 is 9.64 Å². The maximum absolute atomic E-state index is 13.4. The lowest BCUT2D eigenvalue weighted by atomic mass is 9.98. The Hall–Kier alpha value is -2.68. The molecule has 1 amide bonds. The van der Waals surface area contributed by atoms with Gasteiger partial charge >= 0.3 is 0 Å². The number of likely N-dealkylation sites (tertiary alicyclic amines) is 1. The van der Waals surface area contributed by atoms with Crippen LogP contribution in [0.15, 0.2) is 76.5 Å². The summed E-state index contributed by atoms with van der Waals surface area (Å²) < 4.78 is 35.2. The number of hydrogen-bond donors (Lipinski definition) is 1. The Morgan fingerprint density at radius 1 is 1.06 bits per heavy atom. The van der Waals surface area contributed by atoms with Crippen LogP contribution >= 0.6 is 23.4 Å². The predicted molar refractivity (Wildman–Crippen MR) is 141 cm³/mol. The number of benzene rings is 3. The van der Waals surface area contributed by atoms with Gasteiger partial charge in [-0.25, -0.2) is 8.42 Å². The first kappa shape index (κ1) is 25.4. The molecule has 0 aromatic heterocycles. The van der Waals surface area contributed by atoms with E-state index in [1.165, 1.54) is 30.0 Å². The Morgan fingerprint density at radius 2 is 1.77 bits per heavy atom. The van der Waals surface area contributed by atoms with Crippen LogP contribution in [0.2, 0.25) is 5.02 Å². The summed E-state index contributed by atoms with van der Waals surface area (Å²) in [5.74, 6) is 1.31. The number of hydrogen-bond acceptors (Lipinski definition) is 5. The summed E-state index contributed by atoms with van der Waals surface area (Å²) in [5.41, 5.74) is 0.593. The molecule has 35 heavy (non-hydrogen) atoms. The zero-order valence-corrected chi connectivity index (χ0v) is 21.9. The lowest BCUT2D eigenvalue weighted by Crippen LogP contribution is -2.38. The number of halogens is 1. The molecule has 0 saturated carbocycles. The summed E-state index contributed by atoms with van der Waals surface area (Å²) >= 11 is 7.57.